The van der Waals surface area contributed by atoms with Crippen LogP contribution in [0.1, 0.15) is 27.4 Å². The van der Waals surface area contributed by atoms with Crippen LogP contribution in [0.4, 0.5) is 5.69 Å². The van der Waals surface area contributed by atoms with Gasteiger partial charge in [-0.25, -0.2) is 9.67 Å². The maximum Gasteiger partial charge on any atom is 0.259 e. The Bertz CT molecular complexity index is 1410. The van der Waals surface area contributed by atoms with Crippen LogP contribution in [0.25, 0.3) is 28.2 Å². The number of carbonyl (C=O) groups is 1. The minimum Gasteiger partial charge on any atom is -0.463 e. The summed E-state index contributed by atoms with van der Waals surface area (Å²) in [5.74, 6) is 0.230. The number of aryl methyl sites for hydroxylation is 3. The Labute approximate surface area is 177 Å². The van der Waals surface area contributed by atoms with Crippen molar-refractivity contribution in [3.05, 3.63) is 77.4 Å². The van der Waals surface area contributed by atoms with Gasteiger partial charge in [0.25, 0.3) is 11.6 Å². The molecule has 0 aliphatic carbocycles. The SMILES string of the molecule is Cc1cc(C)n(-c2ccccc2NC(=O)c2cc(-c3ccco3)nc3onc(C)c23)n1. The van der Waals surface area contributed by atoms with Gasteiger partial charge in [-0.15, -0.1) is 0 Å². The van der Waals surface area contributed by atoms with Crippen LogP contribution in [-0.2, 0) is 0 Å². The van der Waals surface area contributed by atoms with Crippen molar-refractivity contribution in [3.8, 4) is 17.1 Å². The highest BCUT2D eigenvalue weighted by Crippen LogP contribution is 2.29. The van der Waals surface area contributed by atoms with Crippen molar-refractivity contribution in [1.82, 2.24) is 19.9 Å². The van der Waals surface area contributed by atoms with E-state index < -0.39 is 0 Å². The van der Waals surface area contributed by atoms with Crippen LogP contribution in [0.5, 0.6) is 0 Å². The molecule has 0 unspecified atom stereocenters. The molecule has 5 rings (SSSR count). The molecule has 0 fully saturated rings. The number of nitrogens with zero attached hydrogens (tertiary/aromatic N) is 4. The topological polar surface area (TPSA) is 99.0 Å². The highest BCUT2D eigenvalue weighted by atomic mass is 16.5. The van der Waals surface area contributed by atoms with Crippen molar-refractivity contribution in [1.29, 1.82) is 0 Å². The molecule has 0 saturated carbocycles. The predicted octanol–water partition coefficient (Wildman–Crippen LogP) is 4.85. The van der Waals surface area contributed by atoms with E-state index in [0.717, 1.165) is 17.1 Å². The van der Waals surface area contributed by atoms with Gasteiger partial charge in [0.1, 0.15) is 5.69 Å². The normalized spacial score (nSPS) is 11.2. The number of anilines is 1. The molecule has 0 radical (unpaired) electrons. The highest BCUT2D eigenvalue weighted by Gasteiger charge is 2.21. The number of furan rings is 1. The fourth-order valence-corrected chi connectivity index (χ4v) is 3.65. The lowest BCUT2D eigenvalue weighted by Gasteiger charge is -2.13. The number of amides is 1. The number of pyridine rings is 1. The molecule has 31 heavy (non-hydrogen) atoms. The van der Waals surface area contributed by atoms with Gasteiger partial charge in [0.15, 0.2) is 5.76 Å². The number of nitrogens with one attached hydrogen (secondary N) is 1. The standard InChI is InChI=1S/C23H19N5O3/c1-13-11-14(2)28(26-13)19-8-5-4-7-17(19)24-22(29)16-12-18(20-9-6-10-30-20)25-23-21(16)15(3)27-31-23/h4-12H,1-3H3,(H,24,29). The third-order valence-corrected chi connectivity index (χ3v) is 5.03. The molecule has 0 atom stereocenters. The molecule has 5 aromatic rings. The molecular formula is C23H19N5O3. The van der Waals surface area contributed by atoms with E-state index in [0.29, 0.717) is 33.8 Å². The number of carbonyl (C=O) groups excluding carboxylic acids is 1. The summed E-state index contributed by atoms with van der Waals surface area (Å²) in [5, 5.41) is 12.1. The Morgan fingerprint density at radius 3 is 2.65 bits per heavy atom. The van der Waals surface area contributed by atoms with Gasteiger partial charge in [0, 0.05) is 5.69 Å². The lowest BCUT2D eigenvalue weighted by molar-refractivity contribution is 0.102. The summed E-state index contributed by atoms with van der Waals surface area (Å²) >= 11 is 0. The maximum absolute atomic E-state index is 13.4. The van der Waals surface area contributed by atoms with Crippen molar-refractivity contribution in [3.63, 3.8) is 0 Å². The van der Waals surface area contributed by atoms with Gasteiger partial charge < -0.3 is 14.3 Å². The van der Waals surface area contributed by atoms with Crippen LogP contribution in [0.2, 0.25) is 0 Å². The average molecular weight is 413 g/mol. The summed E-state index contributed by atoms with van der Waals surface area (Å²) in [6.07, 6.45) is 1.55. The maximum atomic E-state index is 13.4. The molecule has 0 bridgehead atoms. The van der Waals surface area contributed by atoms with Crippen molar-refractivity contribution >= 4 is 22.7 Å². The lowest BCUT2D eigenvalue weighted by Crippen LogP contribution is -2.15. The summed E-state index contributed by atoms with van der Waals surface area (Å²) in [7, 11) is 0. The third kappa shape index (κ3) is 3.28. The van der Waals surface area contributed by atoms with Gasteiger partial charge in [-0.2, -0.15) is 5.10 Å². The van der Waals surface area contributed by atoms with Gasteiger partial charge in [-0.05, 0) is 57.2 Å². The molecule has 4 heterocycles. The second kappa shape index (κ2) is 7.24. The third-order valence-electron chi connectivity index (χ3n) is 5.03. The highest BCUT2D eigenvalue weighted by molar-refractivity contribution is 6.13. The summed E-state index contributed by atoms with van der Waals surface area (Å²) in [6, 6.07) is 14.7. The molecule has 4 aromatic heterocycles. The van der Waals surface area contributed by atoms with Gasteiger partial charge >= 0.3 is 0 Å². The Kier molecular flexibility index (Phi) is 4.39. The molecule has 8 nitrogen and oxygen atoms in total. The van der Waals surface area contributed by atoms with Crippen LogP contribution in [-0.4, -0.2) is 25.8 Å². The Balaban J connectivity index is 1.59. The van der Waals surface area contributed by atoms with E-state index >= 15 is 0 Å². The number of hydrogen-bond acceptors (Lipinski definition) is 6. The van der Waals surface area contributed by atoms with Crippen LogP contribution >= 0.6 is 0 Å². The van der Waals surface area contributed by atoms with E-state index in [-0.39, 0.29) is 11.6 Å². The fraction of sp³-hybridized carbons (Fsp3) is 0.130. The Hall–Kier alpha value is -4.20. The summed E-state index contributed by atoms with van der Waals surface area (Å²) in [4.78, 5) is 17.9. The van der Waals surface area contributed by atoms with E-state index in [1.807, 2.05) is 48.9 Å². The molecule has 154 valence electrons. The molecule has 1 amide bonds. The minimum atomic E-state index is -0.305. The molecule has 0 aliphatic rings. The zero-order valence-corrected chi connectivity index (χ0v) is 17.2. The second-order valence-corrected chi connectivity index (χ2v) is 7.29. The van der Waals surface area contributed by atoms with Crippen LogP contribution in [0, 0.1) is 20.8 Å². The van der Waals surface area contributed by atoms with Gasteiger partial charge in [0.2, 0.25) is 0 Å². The van der Waals surface area contributed by atoms with Crippen LogP contribution in [0.3, 0.4) is 0 Å². The number of para-hydroxylation sites is 2. The molecule has 8 heteroatoms. The lowest BCUT2D eigenvalue weighted by atomic mass is 10.1. The summed E-state index contributed by atoms with van der Waals surface area (Å²) in [5.41, 5.74) is 5.05. The number of fused-ring (bicyclic) bond motifs is 1. The van der Waals surface area contributed by atoms with Crippen molar-refractivity contribution in [2.45, 2.75) is 20.8 Å². The molecular weight excluding hydrogens is 394 g/mol. The smallest absolute Gasteiger partial charge is 0.259 e. The fourth-order valence-electron chi connectivity index (χ4n) is 3.65. The van der Waals surface area contributed by atoms with Gasteiger partial charge in [-0.1, -0.05) is 17.3 Å². The van der Waals surface area contributed by atoms with Gasteiger partial charge in [-0.3, -0.25) is 4.79 Å². The summed E-state index contributed by atoms with van der Waals surface area (Å²) in [6.45, 7) is 5.69. The molecule has 0 spiro atoms. The Morgan fingerprint density at radius 1 is 1.06 bits per heavy atom. The van der Waals surface area contributed by atoms with Gasteiger partial charge in [0.05, 0.1) is 40.0 Å². The van der Waals surface area contributed by atoms with E-state index in [4.69, 9.17) is 8.94 Å². The first-order chi connectivity index (χ1) is 15.0. The van der Waals surface area contributed by atoms with E-state index in [1.54, 1.807) is 31.4 Å². The van der Waals surface area contributed by atoms with E-state index in [2.05, 4.69) is 20.6 Å². The zero-order chi connectivity index (χ0) is 21.5. The van der Waals surface area contributed by atoms with Crippen molar-refractivity contribution in [2.24, 2.45) is 0 Å². The monoisotopic (exact) mass is 413 g/mol. The van der Waals surface area contributed by atoms with Crippen LogP contribution < -0.4 is 5.32 Å². The number of aromatic nitrogens is 4. The van der Waals surface area contributed by atoms with Crippen LogP contribution in [0.15, 0.2) is 63.7 Å². The van der Waals surface area contributed by atoms with E-state index in [1.165, 1.54) is 0 Å². The average Bonchev–Trinajstić information content (AvgIpc) is 3.49. The van der Waals surface area contributed by atoms with Crippen molar-refractivity contribution in [2.75, 3.05) is 5.32 Å². The number of benzene rings is 1. The second-order valence-electron chi connectivity index (χ2n) is 7.29. The molecule has 0 saturated heterocycles. The zero-order valence-electron chi connectivity index (χ0n) is 17.2. The molecule has 1 N–H and O–H groups in total. The summed E-state index contributed by atoms with van der Waals surface area (Å²) < 4.78 is 12.6. The molecule has 1 aromatic carbocycles. The van der Waals surface area contributed by atoms with E-state index in [9.17, 15) is 4.79 Å². The Morgan fingerprint density at radius 2 is 1.90 bits per heavy atom. The number of rotatable bonds is 4. The van der Waals surface area contributed by atoms with Crippen molar-refractivity contribution < 1.29 is 13.7 Å². The molecule has 0 aliphatic heterocycles. The largest absolute Gasteiger partial charge is 0.463 e. The quantitative estimate of drug-likeness (QED) is 0.452. The predicted molar refractivity (Wildman–Crippen MR) is 115 cm³/mol. The number of hydrogen-bond donors (Lipinski definition) is 1. The first-order valence-corrected chi connectivity index (χ1v) is 9.76. The minimum absolute atomic E-state index is 0.281. The first kappa shape index (κ1) is 18.8. The first-order valence-electron chi connectivity index (χ1n) is 9.76.